The third-order valence-electron chi connectivity index (χ3n) is 4.40. The molecule has 2 rings (SSSR count). The molecule has 0 aliphatic carbocycles. The number of likely N-dealkylation sites (N-methyl/N-ethyl adjacent to an activating group) is 1. The van der Waals surface area contributed by atoms with Gasteiger partial charge in [0, 0.05) is 18.2 Å². The highest BCUT2D eigenvalue weighted by Gasteiger charge is 2.21. The topological polar surface area (TPSA) is 66.8 Å². The van der Waals surface area contributed by atoms with Crippen LogP contribution in [0.15, 0.2) is 42.5 Å². The van der Waals surface area contributed by atoms with E-state index < -0.39 is 5.97 Å². The first-order chi connectivity index (χ1) is 12.3. The Hall–Kier alpha value is -2.82. The van der Waals surface area contributed by atoms with Crippen molar-refractivity contribution in [2.75, 3.05) is 13.7 Å². The lowest BCUT2D eigenvalue weighted by molar-refractivity contribution is 0.0696. The Morgan fingerprint density at radius 1 is 1.12 bits per heavy atom. The van der Waals surface area contributed by atoms with Crippen LogP contribution in [0.2, 0.25) is 0 Å². The van der Waals surface area contributed by atoms with Gasteiger partial charge in [0.05, 0.1) is 12.7 Å². The Balaban J connectivity index is 2.20. The normalized spacial score (nSPS) is 11.7. The van der Waals surface area contributed by atoms with Crippen molar-refractivity contribution in [2.45, 2.75) is 33.2 Å². The van der Waals surface area contributed by atoms with Gasteiger partial charge in [-0.15, -0.1) is 0 Å². The van der Waals surface area contributed by atoms with Gasteiger partial charge >= 0.3 is 5.97 Å². The molecular formula is C21H25NO4. The van der Waals surface area contributed by atoms with E-state index in [0.717, 1.165) is 16.9 Å². The molecule has 2 aromatic rings. The van der Waals surface area contributed by atoms with Gasteiger partial charge in [-0.1, -0.05) is 12.1 Å². The van der Waals surface area contributed by atoms with Crippen molar-refractivity contribution in [3.63, 3.8) is 0 Å². The van der Waals surface area contributed by atoms with Gasteiger partial charge in [0.25, 0.3) is 5.91 Å². The van der Waals surface area contributed by atoms with Crippen LogP contribution in [0.3, 0.4) is 0 Å². The van der Waals surface area contributed by atoms with E-state index in [-0.39, 0.29) is 17.5 Å². The highest BCUT2D eigenvalue weighted by atomic mass is 16.5. The van der Waals surface area contributed by atoms with E-state index >= 15 is 0 Å². The third-order valence-corrected chi connectivity index (χ3v) is 4.40. The van der Waals surface area contributed by atoms with Crippen LogP contribution < -0.4 is 4.74 Å². The second kappa shape index (κ2) is 8.52. The van der Waals surface area contributed by atoms with E-state index in [4.69, 9.17) is 4.74 Å². The maximum absolute atomic E-state index is 12.9. The molecule has 0 aromatic heterocycles. The number of amides is 1. The van der Waals surface area contributed by atoms with Crippen molar-refractivity contribution in [3.8, 4) is 5.75 Å². The summed E-state index contributed by atoms with van der Waals surface area (Å²) < 4.78 is 5.17. The molecule has 0 fully saturated rings. The molecule has 0 spiro atoms. The number of carbonyl (C=O) groups excluding carboxylic acids is 1. The summed E-state index contributed by atoms with van der Waals surface area (Å²) in [5.74, 6) is -0.387. The highest BCUT2D eigenvalue weighted by Crippen LogP contribution is 2.18. The van der Waals surface area contributed by atoms with Crippen LogP contribution in [0.4, 0.5) is 0 Å². The van der Waals surface area contributed by atoms with Crippen molar-refractivity contribution < 1.29 is 19.4 Å². The van der Waals surface area contributed by atoms with Crippen LogP contribution in [0, 0.1) is 6.92 Å². The number of hydrogen-bond acceptors (Lipinski definition) is 3. The average Bonchev–Trinajstić information content (AvgIpc) is 2.62. The van der Waals surface area contributed by atoms with Crippen molar-refractivity contribution in [3.05, 3.63) is 64.7 Å². The molecule has 0 aliphatic heterocycles. The predicted molar refractivity (Wildman–Crippen MR) is 101 cm³/mol. The molecule has 5 nitrogen and oxygen atoms in total. The number of rotatable bonds is 7. The number of carboxylic acids is 1. The zero-order chi connectivity index (χ0) is 19.3. The fourth-order valence-electron chi connectivity index (χ4n) is 3.06. The lowest BCUT2D eigenvalue weighted by Gasteiger charge is -2.28. The van der Waals surface area contributed by atoms with Crippen molar-refractivity contribution in [2.24, 2.45) is 0 Å². The zero-order valence-corrected chi connectivity index (χ0v) is 15.7. The van der Waals surface area contributed by atoms with Crippen LogP contribution in [0.1, 0.15) is 45.7 Å². The second-order valence-electron chi connectivity index (χ2n) is 6.39. The standard InChI is InChI=1S/C21H25NO4/c1-5-22(15(3)12-16-6-8-19(26-4)9-7-16)20(23)17-10-14(2)11-18(13-17)21(24)25/h6-11,13,15H,5,12H2,1-4H3,(H,24,25). The highest BCUT2D eigenvalue weighted by molar-refractivity contribution is 5.98. The minimum atomic E-state index is -1.03. The van der Waals surface area contributed by atoms with Gasteiger partial charge in [-0.25, -0.2) is 4.79 Å². The van der Waals surface area contributed by atoms with Crippen LogP contribution in [0.25, 0.3) is 0 Å². The molecule has 0 saturated heterocycles. The van der Waals surface area contributed by atoms with Crippen molar-refractivity contribution >= 4 is 11.9 Å². The molecular weight excluding hydrogens is 330 g/mol. The van der Waals surface area contributed by atoms with E-state index in [1.54, 1.807) is 31.1 Å². The second-order valence-corrected chi connectivity index (χ2v) is 6.39. The van der Waals surface area contributed by atoms with Gasteiger partial charge < -0.3 is 14.7 Å². The minimum absolute atomic E-state index is 0.0188. The summed E-state index contributed by atoms with van der Waals surface area (Å²) in [5, 5.41) is 9.22. The summed E-state index contributed by atoms with van der Waals surface area (Å²) in [4.78, 5) is 26.0. The quantitative estimate of drug-likeness (QED) is 0.820. The number of benzene rings is 2. The van der Waals surface area contributed by atoms with E-state index in [0.29, 0.717) is 18.5 Å². The molecule has 0 radical (unpaired) electrons. The molecule has 2 aromatic carbocycles. The monoisotopic (exact) mass is 355 g/mol. The van der Waals surface area contributed by atoms with Crippen LogP contribution >= 0.6 is 0 Å². The van der Waals surface area contributed by atoms with Crippen LogP contribution in [-0.4, -0.2) is 41.6 Å². The number of hydrogen-bond donors (Lipinski definition) is 1. The molecule has 1 N–H and O–H groups in total. The number of carboxylic acid groups (broad SMARTS) is 1. The zero-order valence-electron chi connectivity index (χ0n) is 15.7. The van der Waals surface area contributed by atoms with Gasteiger partial charge in [-0.2, -0.15) is 0 Å². The first-order valence-electron chi connectivity index (χ1n) is 8.64. The number of aryl methyl sites for hydroxylation is 1. The molecule has 0 bridgehead atoms. The fraction of sp³-hybridized carbons (Fsp3) is 0.333. The largest absolute Gasteiger partial charge is 0.497 e. The molecule has 1 atom stereocenters. The van der Waals surface area contributed by atoms with E-state index in [1.165, 1.54) is 6.07 Å². The van der Waals surface area contributed by atoms with Gasteiger partial charge in [-0.05, 0) is 68.7 Å². The summed E-state index contributed by atoms with van der Waals surface area (Å²) in [6.45, 7) is 6.27. The van der Waals surface area contributed by atoms with Crippen LogP contribution in [0.5, 0.6) is 5.75 Å². The van der Waals surface area contributed by atoms with E-state index in [9.17, 15) is 14.7 Å². The van der Waals surface area contributed by atoms with E-state index in [1.807, 2.05) is 38.1 Å². The Morgan fingerprint density at radius 3 is 2.27 bits per heavy atom. The predicted octanol–water partition coefficient (Wildman–Crippen LogP) is 3.80. The summed E-state index contributed by atoms with van der Waals surface area (Å²) >= 11 is 0. The maximum atomic E-state index is 12.9. The number of aromatic carboxylic acids is 1. The first kappa shape index (κ1) is 19.5. The molecule has 0 heterocycles. The van der Waals surface area contributed by atoms with Gasteiger partial charge in [0.1, 0.15) is 5.75 Å². The van der Waals surface area contributed by atoms with Crippen LogP contribution in [-0.2, 0) is 6.42 Å². The average molecular weight is 355 g/mol. The third kappa shape index (κ3) is 4.63. The van der Waals surface area contributed by atoms with Gasteiger partial charge in [0.2, 0.25) is 0 Å². The SMILES string of the molecule is CCN(C(=O)c1cc(C)cc(C(=O)O)c1)C(C)Cc1ccc(OC)cc1. The van der Waals surface area contributed by atoms with Gasteiger partial charge in [-0.3, -0.25) is 4.79 Å². The summed E-state index contributed by atoms with van der Waals surface area (Å²) in [6, 6.07) is 12.5. The fourth-order valence-corrected chi connectivity index (χ4v) is 3.06. The number of methoxy groups -OCH3 is 1. The molecule has 0 aliphatic rings. The Bertz CT molecular complexity index is 783. The maximum Gasteiger partial charge on any atom is 0.335 e. The first-order valence-corrected chi connectivity index (χ1v) is 8.64. The molecule has 5 heteroatoms. The number of nitrogens with zero attached hydrogens (tertiary/aromatic N) is 1. The molecule has 1 amide bonds. The number of ether oxygens (including phenoxy) is 1. The molecule has 1 unspecified atom stereocenters. The summed E-state index contributed by atoms with van der Waals surface area (Å²) in [7, 11) is 1.63. The Kier molecular flexibility index (Phi) is 6.39. The lowest BCUT2D eigenvalue weighted by atomic mass is 10.0. The summed E-state index contributed by atoms with van der Waals surface area (Å²) in [5.41, 5.74) is 2.41. The molecule has 0 saturated carbocycles. The molecule has 138 valence electrons. The molecule has 26 heavy (non-hydrogen) atoms. The van der Waals surface area contributed by atoms with Crippen molar-refractivity contribution in [1.29, 1.82) is 0 Å². The Labute approximate surface area is 154 Å². The lowest BCUT2D eigenvalue weighted by Crippen LogP contribution is -2.39. The minimum Gasteiger partial charge on any atom is -0.497 e. The van der Waals surface area contributed by atoms with Gasteiger partial charge in [0.15, 0.2) is 0 Å². The smallest absolute Gasteiger partial charge is 0.335 e. The van der Waals surface area contributed by atoms with Crippen molar-refractivity contribution in [1.82, 2.24) is 4.90 Å². The van der Waals surface area contributed by atoms with E-state index in [2.05, 4.69) is 0 Å². The number of carbonyl (C=O) groups is 2. The summed E-state index contributed by atoms with van der Waals surface area (Å²) in [6.07, 6.45) is 0.710. The Morgan fingerprint density at radius 2 is 1.73 bits per heavy atom.